The van der Waals surface area contributed by atoms with Gasteiger partial charge in [0, 0.05) is 11.3 Å². The molecule has 0 saturated heterocycles. The standard InChI is InChI=1S/C21H15F7N4O3/c1-11-9-16(20(24,25)26)32(31-11)14-7-5-13(6-8-14)29-19(34)30-17(33)12-3-2-4-15(10-12)35-21(27,28)18(22)23/h2-10,18H,1H3,(H2,29,30,33,34). The highest BCUT2D eigenvalue weighted by Crippen LogP contribution is 2.32. The molecule has 3 rings (SSSR count). The number of anilines is 1. The molecule has 3 aromatic rings. The van der Waals surface area contributed by atoms with Gasteiger partial charge in [0.05, 0.1) is 11.4 Å². The maximum Gasteiger partial charge on any atom is 0.461 e. The zero-order valence-corrected chi connectivity index (χ0v) is 17.5. The number of imide groups is 1. The average molecular weight is 504 g/mol. The number of aryl methyl sites for hydroxylation is 1. The average Bonchev–Trinajstić information content (AvgIpc) is 3.16. The fraction of sp³-hybridized carbons (Fsp3) is 0.190. The number of hydrogen-bond donors (Lipinski definition) is 2. The lowest BCUT2D eigenvalue weighted by atomic mass is 10.2. The molecule has 3 amide bonds. The summed E-state index contributed by atoms with van der Waals surface area (Å²) in [4.78, 5) is 24.3. The SMILES string of the molecule is Cc1cc(C(F)(F)F)n(-c2ccc(NC(=O)NC(=O)c3cccc(OC(F)(F)C(F)F)c3)cc2)n1. The van der Waals surface area contributed by atoms with Crippen molar-refractivity contribution in [1.29, 1.82) is 0 Å². The molecule has 0 radical (unpaired) electrons. The minimum atomic E-state index is -4.78. The summed E-state index contributed by atoms with van der Waals surface area (Å²) in [7, 11) is 0. The second-order valence-corrected chi connectivity index (χ2v) is 7.03. The monoisotopic (exact) mass is 504 g/mol. The number of rotatable bonds is 6. The van der Waals surface area contributed by atoms with E-state index in [1.165, 1.54) is 31.2 Å². The van der Waals surface area contributed by atoms with Crippen LogP contribution >= 0.6 is 0 Å². The lowest BCUT2D eigenvalue weighted by Gasteiger charge is -2.17. The van der Waals surface area contributed by atoms with Crippen molar-refractivity contribution < 1.29 is 45.1 Å². The molecule has 7 nitrogen and oxygen atoms in total. The number of urea groups is 1. The summed E-state index contributed by atoms with van der Waals surface area (Å²) in [6.45, 7) is 1.40. The van der Waals surface area contributed by atoms with Crippen molar-refractivity contribution in [1.82, 2.24) is 15.1 Å². The van der Waals surface area contributed by atoms with Gasteiger partial charge in [0.15, 0.2) is 0 Å². The molecule has 0 bridgehead atoms. The maximum atomic E-state index is 13.2. The van der Waals surface area contributed by atoms with E-state index in [1.807, 2.05) is 5.32 Å². The van der Waals surface area contributed by atoms with Crippen LogP contribution in [0, 0.1) is 6.92 Å². The number of nitrogens with one attached hydrogen (secondary N) is 2. The normalized spacial score (nSPS) is 11.9. The van der Waals surface area contributed by atoms with Crippen molar-refractivity contribution >= 4 is 17.6 Å². The van der Waals surface area contributed by atoms with Crippen LogP contribution in [0.25, 0.3) is 5.69 Å². The van der Waals surface area contributed by atoms with Crippen molar-refractivity contribution in [3.8, 4) is 11.4 Å². The molecule has 1 heterocycles. The Kier molecular flexibility index (Phi) is 7.03. The highest BCUT2D eigenvalue weighted by molar-refractivity contribution is 6.08. The number of carbonyl (C=O) groups is 2. The van der Waals surface area contributed by atoms with Crippen LogP contribution in [0.3, 0.4) is 0 Å². The first-order valence-corrected chi connectivity index (χ1v) is 9.58. The van der Waals surface area contributed by atoms with Gasteiger partial charge in [0.25, 0.3) is 5.91 Å². The van der Waals surface area contributed by atoms with E-state index in [4.69, 9.17) is 0 Å². The first kappa shape index (κ1) is 25.5. The molecule has 2 aromatic carbocycles. The number of alkyl halides is 7. The molecule has 0 aliphatic heterocycles. The Morgan fingerprint density at radius 3 is 2.26 bits per heavy atom. The number of amides is 3. The summed E-state index contributed by atoms with van der Waals surface area (Å²) < 4.78 is 94.7. The van der Waals surface area contributed by atoms with Crippen molar-refractivity contribution in [3.05, 3.63) is 71.5 Å². The lowest BCUT2D eigenvalue weighted by Crippen LogP contribution is -2.35. The molecular weight excluding hydrogens is 489 g/mol. The highest BCUT2D eigenvalue weighted by Gasteiger charge is 2.44. The topological polar surface area (TPSA) is 85.2 Å². The third kappa shape index (κ3) is 6.28. The fourth-order valence-electron chi connectivity index (χ4n) is 2.82. The molecule has 1 aromatic heterocycles. The number of aromatic nitrogens is 2. The Labute approximate surface area is 192 Å². The quantitative estimate of drug-likeness (QED) is 0.441. The van der Waals surface area contributed by atoms with Gasteiger partial charge in [-0.2, -0.15) is 35.8 Å². The van der Waals surface area contributed by atoms with E-state index < -0.39 is 42.1 Å². The Hall–Kier alpha value is -4.10. The molecule has 14 heteroatoms. The maximum absolute atomic E-state index is 13.2. The molecule has 186 valence electrons. The second kappa shape index (κ2) is 9.64. The van der Waals surface area contributed by atoms with Gasteiger partial charge in [0.1, 0.15) is 11.4 Å². The third-order valence-electron chi connectivity index (χ3n) is 4.32. The molecule has 0 aliphatic rings. The zero-order valence-electron chi connectivity index (χ0n) is 17.5. The zero-order chi connectivity index (χ0) is 26.0. The molecule has 0 unspecified atom stereocenters. The first-order chi connectivity index (χ1) is 16.3. The van der Waals surface area contributed by atoms with Gasteiger partial charge in [-0.1, -0.05) is 6.07 Å². The number of nitrogens with zero attached hydrogens (tertiary/aromatic N) is 2. The largest absolute Gasteiger partial charge is 0.461 e. The van der Waals surface area contributed by atoms with Gasteiger partial charge < -0.3 is 10.1 Å². The smallest absolute Gasteiger partial charge is 0.428 e. The van der Waals surface area contributed by atoms with E-state index in [1.54, 1.807) is 0 Å². The van der Waals surface area contributed by atoms with Crippen LogP contribution < -0.4 is 15.4 Å². The number of hydrogen-bond acceptors (Lipinski definition) is 4. The van der Waals surface area contributed by atoms with Crippen molar-refractivity contribution in [2.45, 2.75) is 25.6 Å². The van der Waals surface area contributed by atoms with E-state index in [-0.39, 0.29) is 22.6 Å². The number of halogens is 7. The minimum absolute atomic E-state index is 0.0601. The van der Waals surface area contributed by atoms with E-state index in [9.17, 15) is 40.3 Å². The Balaban J connectivity index is 1.66. The molecule has 2 N–H and O–H groups in total. The second-order valence-electron chi connectivity index (χ2n) is 7.03. The predicted octanol–water partition coefficient (Wildman–Crippen LogP) is 5.40. The molecular formula is C21H15F7N4O3. The number of carbonyl (C=O) groups excluding carboxylic acids is 2. The Bertz CT molecular complexity index is 1220. The van der Waals surface area contributed by atoms with Gasteiger partial charge >= 0.3 is 24.7 Å². The Morgan fingerprint density at radius 2 is 1.66 bits per heavy atom. The van der Waals surface area contributed by atoms with Crippen LogP contribution in [0.1, 0.15) is 21.7 Å². The van der Waals surface area contributed by atoms with Crippen LogP contribution in [0.15, 0.2) is 54.6 Å². The van der Waals surface area contributed by atoms with Gasteiger partial charge in [-0.15, -0.1) is 0 Å². The molecule has 0 fully saturated rings. The van der Waals surface area contributed by atoms with Crippen LogP contribution in [-0.4, -0.2) is 34.3 Å². The summed E-state index contributed by atoms with van der Waals surface area (Å²) in [6, 6.07) is 8.70. The molecule has 0 spiro atoms. The van der Waals surface area contributed by atoms with Crippen LogP contribution in [0.2, 0.25) is 0 Å². The molecule has 0 atom stereocenters. The first-order valence-electron chi connectivity index (χ1n) is 9.58. The minimum Gasteiger partial charge on any atom is -0.428 e. The summed E-state index contributed by atoms with van der Waals surface area (Å²) in [5.74, 6) is -1.79. The van der Waals surface area contributed by atoms with Crippen LogP contribution in [0.5, 0.6) is 5.75 Å². The highest BCUT2D eigenvalue weighted by atomic mass is 19.4. The van der Waals surface area contributed by atoms with Crippen molar-refractivity contribution in [2.75, 3.05) is 5.32 Å². The third-order valence-corrected chi connectivity index (χ3v) is 4.32. The Morgan fingerprint density at radius 1 is 1.00 bits per heavy atom. The summed E-state index contributed by atoms with van der Waals surface area (Å²) in [6.07, 6.45) is -13.5. The van der Waals surface area contributed by atoms with E-state index >= 15 is 0 Å². The van der Waals surface area contributed by atoms with E-state index in [0.29, 0.717) is 4.68 Å². The van der Waals surface area contributed by atoms with Gasteiger partial charge in [-0.25, -0.2) is 9.48 Å². The van der Waals surface area contributed by atoms with E-state index in [2.05, 4.69) is 15.2 Å². The number of benzene rings is 2. The molecule has 0 saturated carbocycles. The predicted molar refractivity (Wildman–Crippen MR) is 108 cm³/mol. The van der Waals surface area contributed by atoms with Gasteiger partial charge in [0.2, 0.25) is 0 Å². The van der Waals surface area contributed by atoms with Crippen molar-refractivity contribution in [2.24, 2.45) is 0 Å². The number of ether oxygens (including phenoxy) is 1. The van der Waals surface area contributed by atoms with Crippen LogP contribution in [-0.2, 0) is 6.18 Å². The summed E-state index contributed by atoms with van der Waals surface area (Å²) in [5.41, 5.74) is -1.02. The van der Waals surface area contributed by atoms with Gasteiger partial charge in [-0.3, -0.25) is 10.1 Å². The lowest BCUT2D eigenvalue weighted by molar-refractivity contribution is -0.253. The molecule has 0 aliphatic carbocycles. The van der Waals surface area contributed by atoms with Crippen molar-refractivity contribution in [3.63, 3.8) is 0 Å². The van der Waals surface area contributed by atoms with E-state index in [0.717, 1.165) is 30.3 Å². The summed E-state index contributed by atoms with van der Waals surface area (Å²) >= 11 is 0. The van der Waals surface area contributed by atoms with Gasteiger partial charge in [-0.05, 0) is 55.5 Å². The summed E-state index contributed by atoms with van der Waals surface area (Å²) in [5, 5.41) is 7.96. The van der Waals surface area contributed by atoms with Crippen LogP contribution in [0.4, 0.5) is 41.2 Å². The fourth-order valence-corrected chi connectivity index (χ4v) is 2.82. The molecule has 35 heavy (non-hydrogen) atoms.